The molecule has 3 rings (SSSR count). The number of aromatic nitrogens is 1. The Morgan fingerprint density at radius 3 is 2.69 bits per heavy atom. The maximum absolute atomic E-state index is 12.0. The van der Waals surface area contributed by atoms with Crippen LogP contribution in [-0.2, 0) is 35.1 Å². The lowest BCUT2D eigenvalue weighted by molar-refractivity contribution is -0.197. The Balaban J connectivity index is 1.37. The Kier molecular flexibility index (Phi) is 10.2. The first kappa shape index (κ1) is 28.0. The minimum atomic E-state index is -4.74. The fourth-order valence-electron chi connectivity index (χ4n) is 3.46. The summed E-state index contributed by atoms with van der Waals surface area (Å²) in [5, 5.41) is 2.61. The Morgan fingerprint density at radius 2 is 2.00 bits per heavy atom. The number of aryl methyl sites for hydroxylation is 1. The highest BCUT2D eigenvalue weighted by molar-refractivity contribution is 8.76. The first-order chi connectivity index (χ1) is 17.2. The largest absolute Gasteiger partial charge is 0.385 e. The standard InChI is InChI=1S/C23H27N3O7S3/c1-16-8-7-9-18(17(16)15-34-35-20-10-4-6-13-25-20)24-12-5-2-3-11-22(28)33-26-21(27)14-19(23(26)29)36(30,31)32/h4,6-10,13,19,24H,2-3,5,11-12,14-15H2,1H3,(H,30,31,32). The summed E-state index contributed by atoms with van der Waals surface area (Å²) >= 11 is 0. The zero-order chi connectivity index (χ0) is 26.1. The molecule has 0 spiro atoms. The third kappa shape index (κ3) is 7.95. The fourth-order valence-corrected chi connectivity index (χ4v) is 6.27. The molecule has 36 heavy (non-hydrogen) atoms. The molecule has 0 radical (unpaired) electrons. The zero-order valence-electron chi connectivity index (χ0n) is 19.6. The quantitative estimate of drug-likeness (QED) is 0.162. The van der Waals surface area contributed by atoms with Gasteiger partial charge in [-0.2, -0.15) is 8.42 Å². The highest BCUT2D eigenvalue weighted by Gasteiger charge is 2.48. The lowest BCUT2D eigenvalue weighted by Crippen LogP contribution is -2.36. The number of nitrogens with one attached hydrogen (secondary N) is 1. The van der Waals surface area contributed by atoms with E-state index in [-0.39, 0.29) is 11.5 Å². The van der Waals surface area contributed by atoms with Crippen LogP contribution in [0.4, 0.5) is 5.69 Å². The van der Waals surface area contributed by atoms with Crippen molar-refractivity contribution in [2.45, 2.75) is 55.1 Å². The maximum Gasteiger partial charge on any atom is 0.333 e. The van der Waals surface area contributed by atoms with Crippen LogP contribution in [-0.4, -0.2) is 52.6 Å². The summed E-state index contributed by atoms with van der Waals surface area (Å²) in [6.45, 7) is 2.77. The monoisotopic (exact) mass is 553 g/mol. The predicted molar refractivity (Wildman–Crippen MR) is 137 cm³/mol. The molecule has 1 fully saturated rings. The minimum absolute atomic E-state index is 0.0370. The number of pyridine rings is 1. The number of benzene rings is 1. The van der Waals surface area contributed by atoms with Crippen LogP contribution >= 0.6 is 21.6 Å². The van der Waals surface area contributed by atoms with E-state index in [0.29, 0.717) is 19.4 Å². The first-order valence-electron chi connectivity index (χ1n) is 11.2. The lowest BCUT2D eigenvalue weighted by atomic mass is 10.1. The van der Waals surface area contributed by atoms with Crippen molar-refractivity contribution in [3.05, 3.63) is 53.7 Å². The molecule has 1 aliphatic heterocycles. The number of hydrogen-bond donors (Lipinski definition) is 2. The van der Waals surface area contributed by atoms with E-state index in [0.717, 1.165) is 22.9 Å². The van der Waals surface area contributed by atoms with Gasteiger partial charge < -0.3 is 10.2 Å². The highest BCUT2D eigenvalue weighted by Crippen LogP contribution is 2.35. The van der Waals surface area contributed by atoms with Crippen molar-refractivity contribution < 1.29 is 32.2 Å². The molecule has 2 aromatic rings. The zero-order valence-corrected chi connectivity index (χ0v) is 22.0. The number of nitrogens with zero attached hydrogens (tertiary/aromatic N) is 2. The molecular weight excluding hydrogens is 526 g/mol. The maximum atomic E-state index is 12.0. The second kappa shape index (κ2) is 13.1. The van der Waals surface area contributed by atoms with E-state index in [2.05, 4.69) is 23.3 Å². The molecule has 2 N–H and O–H groups in total. The Bertz CT molecular complexity index is 1190. The Morgan fingerprint density at radius 1 is 1.19 bits per heavy atom. The van der Waals surface area contributed by atoms with E-state index in [1.165, 1.54) is 11.1 Å². The van der Waals surface area contributed by atoms with Gasteiger partial charge in [-0.25, -0.2) is 9.78 Å². The molecule has 194 valence electrons. The number of carbonyl (C=O) groups excluding carboxylic acids is 3. The summed E-state index contributed by atoms with van der Waals surface area (Å²) in [5.41, 5.74) is 3.47. The van der Waals surface area contributed by atoms with Crippen molar-refractivity contribution in [3.8, 4) is 0 Å². The van der Waals surface area contributed by atoms with Crippen molar-refractivity contribution in [2.75, 3.05) is 11.9 Å². The van der Waals surface area contributed by atoms with Crippen LogP contribution in [0.5, 0.6) is 0 Å². The van der Waals surface area contributed by atoms with Crippen molar-refractivity contribution in [2.24, 2.45) is 0 Å². The predicted octanol–water partition coefficient (Wildman–Crippen LogP) is 3.78. The number of rotatable bonds is 13. The summed E-state index contributed by atoms with van der Waals surface area (Å²) in [6, 6.07) is 11.9. The molecule has 1 aliphatic rings. The van der Waals surface area contributed by atoms with E-state index in [4.69, 9.17) is 9.39 Å². The molecule has 1 unspecified atom stereocenters. The number of hydroxylamine groups is 2. The molecule has 13 heteroatoms. The van der Waals surface area contributed by atoms with Crippen molar-refractivity contribution in [3.63, 3.8) is 0 Å². The van der Waals surface area contributed by atoms with Crippen LogP contribution in [0.25, 0.3) is 0 Å². The van der Waals surface area contributed by atoms with Gasteiger partial charge in [0.2, 0.25) is 0 Å². The number of hydrogen-bond acceptors (Lipinski definition) is 10. The smallest absolute Gasteiger partial charge is 0.333 e. The molecule has 1 atom stereocenters. The third-order valence-electron chi connectivity index (χ3n) is 5.38. The number of unbranched alkanes of at least 4 members (excludes halogenated alkanes) is 2. The van der Waals surface area contributed by atoms with Gasteiger partial charge in [0.05, 0.1) is 6.42 Å². The Hall–Kier alpha value is -2.61. The second-order valence-corrected chi connectivity index (χ2v) is 12.0. The van der Waals surface area contributed by atoms with E-state index in [1.807, 2.05) is 30.3 Å². The fraction of sp³-hybridized carbons (Fsp3) is 0.391. The number of imide groups is 1. The van der Waals surface area contributed by atoms with Gasteiger partial charge in [0.1, 0.15) is 5.03 Å². The second-order valence-electron chi connectivity index (χ2n) is 8.05. The molecule has 10 nitrogen and oxygen atoms in total. The number of amides is 2. The normalized spacial score (nSPS) is 15.8. The summed E-state index contributed by atoms with van der Waals surface area (Å²) < 4.78 is 31.3. The van der Waals surface area contributed by atoms with Crippen LogP contribution in [0, 0.1) is 6.92 Å². The summed E-state index contributed by atoms with van der Waals surface area (Å²) in [7, 11) is -1.40. The molecule has 0 saturated carbocycles. The van der Waals surface area contributed by atoms with E-state index in [9.17, 15) is 22.8 Å². The van der Waals surface area contributed by atoms with Gasteiger partial charge in [0, 0.05) is 30.6 Å². The van der Waals surface area contributed by atoms with E-state index < -0.39 is 39.6 Å². The molecule has 1 aromatic heterocycles. The van der Waals surface area contributed by atoms with Gasteiger partial charge in [-0.15, -0.1) is 5.06 Å². The van der Waals surface area contributed by atoms with Crippen LogP contribution in [0.15, 0.2) is 47.6 Å². The topological polar surface area (TPSA) is 143 Å². The average Bonchev–Trinajstić information content (AvgIpc) is 3.12. The minimum Gasteiger partial charge on any atom is -0.385 e. The van der Waals surface area contributed by atoms with Crippen molar-refractivity contribution >= 4 is 55.2 Å². The van der Waals surface area contributed by atoms with Crippen LogP contribution in [0.1, 0.15) is 43.2 Å². The molecule has 1 saturated heterocycles. The van der Waals surface area contributed by atoms with Crippen molar-refractivity contribution in [1.82, 2.24) is 10.0 Å². The Labute approximate surface area is 217 Å². The summed E-state index contributed by atoms with van der Waals surface area (Å²) in [6.07, 6.45) is 2.93. The average molecular weight is 554 g/mol. The number of carbonyl (C=O) groups is 3. The van der Waals surface area contributed by atoms with Crippen LogP contribution < -0.4 is 5.32 Å². The van der Waals surface area contributed by atoms with Crippen molar-refractivity contribution in [1.29, 1.82) is 0 Å². The van der Waals surface area contributed by atoms with E-state index in [1.54, 1.807) is 27.8 Å². The van der Waals surface area contributed by atoms with Gasteiger partial charge in [-0.1, -0.05) is 35.4 Å². The molecule has 2 amide bonds. The molecule has 2 heterocycles. The van der Waals surface area contributed by atoms with Gasteiger partial charge in [-0.05, 0) is 59.9 Å². The first-order valence-corrected chi connectivity index (χ1v) is 15.1. The van der Waals surface area contributed by atoms with Gasteiger partial charge in [0.15, 0.2) is 5.25 Å². The number of anilines is 1. The molecular formula is C23H27N3O7S3. The van der Waals surface area contributed by atoms with Gasteiger partial charge in [-0.3, -0.25) is 14.1 Å². The molecule has 1 aromatic carbocycles. The SMILES string of the molecule is Cc1cccc(NCCCCCC(=O)ON2C(=O)CC(S(=O)(=O)O)C2=O)c1CSSc1ccccn1. The highest BCUT2D eigenvalue weighted by atomic mass is 33.1. The third-order valence-corrected chi connectivity index (χ3v) is 8.63. The molecule has 0 bridgehead atoms. The van der Waals surface area contributed by atoms with Crippen LogP contribution in [0.3, 0.4) is 0 Å². The summed E-state index contributed by atoms with van der Waals surface area (Å²) in [4.78, 5) is 44.7. The van der Waals surface area contributed by atoms with E-state index >= 15 is 0 Å². The summed E-state index contributed by atoms with van der Waals surface area (Å²) in [5.74, 6) is -2.24. The molecule has 0 aliphatic carbocycles. The van der Waals surface area contributed by atoms with Gasteiger partial charge in [0.25, 0.3) is 21.9 Å². The van der Waals surface area contributed by atoms with Gasteiger partial charge >= 0.3 is 5.97 Å². The van der Waals surface area contributed by atoms with Crippen LogP contribution in [0.2, 0.25) is 0 Å². The lowest BCUT2D eigenvalue weighted by Gasteiger charge is -2.14.